The largest absolute Gasteiger partial charge is 0.495 e. The number of morpholine rings is 1. The van der Waals surface area contributed by atoms with Crippen LogP contribution < -0.4 is 10.2 Å². The Morgan fingerprint density at radius 3 is 2.66 bits per heavy atom. The first-order chi connectivity index (χ1) is 16.6. The van der Waals surface area contributed by atoms with Crippen LogP contribution in [0.2, 0.25) is 0 Å². The fraction of sp³-hybridized carbons (Fsp3) is 0.417. The second kappa shape index (κ2) is 10.0. The van der Waals surface area contributed by atoms with Crippen LogP contribution in [0.15, 0.2) is 30.3 Å². The number of halogens is 3. The van der Waals surface area contributed by atoms with Gasteiger partial charge < -0.3 is 14.7 Å². The number of aryl methyl sites for hydroxylation is 1. The van der Waals surface area contributed by atoms with Crippen molar-refractivity contribution < 1.29 is 37.2 Å². The van der Waals surface area contributed by atoms with Crippen LogP contribution in [0, 0.1) is 12.8 Å². The molecule has 1 fully saturated rings. The van der Waals surface area contributed by atoms with Crippen LogP contribution in [-0.2, 0) is 4.74 Å². The highest BCUT2D eigenvalue weighted by atomic mass is 19.4. The molecule has 1 aromatic heterocycles. The number of aromatic nitrogens is 1. The molecule has 1 atom stereocenters. The number of pyridine rings is 1. The summed E-state index contributed by atoms with van der Waals surface area (Å²) in [7, 11) is 0. The maximum absolute atomic E-state index is 12.7. The average Bonchev–Trinajstić information content (AvgIpc) is 3.27. The molecule has 0 radical (unpaired) electrons. The van der Waals surface area contributed by atoms with Crippen molar-refractivity contribution in [2.24, 2.45) is 5.92 Å². The highest BCUT2D eigenvalue weighted by Crippen LogP contribution is 2.31. The molecule has 2 amide bonds. The Balaban J connectivity index is 1.56. The number of nitrogens with one attached hydrogen (secondary N) is 1. The first-order valence-electron chi connectivity index (χ1n) is 11.3. The molecular weight excluding hydrogens is 465 g/mol. The Morgan fingerprint density at radius 2 is 1.97 bits per heavy atom. The lowest BCUT2D eigenvalue weighted by molar-refractivity contribution is -0.418. The number of carbonyl (C=O) groups excluding carboxylic acids is 1. The minimum absolute atomic E-state index is 0.000697. The van der Waals surface area contributed by atoms with Gasteiger partial charge in [0, 0.05) is 25.4 Å². The van der Waals surface area contributed by atoms with Crippen molar-refractivity contribution >= 4 is 29.7 Å². The highest BCUT2D eigenvalue weighted by molar-refractivity contribution is 5.90. The molecule has 35 heavy (non-hydrogen) atoms. The van der Waals surface area contributed by atoms with E-state index in [-0.39, 0.29) is 18.7 Å². The van der Waals surface area contributed by atoms with Crippen molar-refractivity contribution in [1.82, 2.24) is 4.98 Å². The topological polar surface area (TPSA) is 94.8 Å². The Morgan fingerprint density at radius 1 is 1.23 bits per heavy atom. The summed E-state index contributed by atoms with van der Waals surface area (Å²) < 4.78 is 44.6. The number of alkyl halides is 3. The zero-order valence-corrected chi connectivity index (χ0v) is 19.1. The van der Waals surface area contributed by atoms with E-state index >= 15 is 0 Å². The van der Waals surface area contributed by atoms with Gasteiger partial charge >= 0.3 is 18.2 Å². The molecule has 0 spiro atoms. The summed E-state index contributed by atoms with van der Waals surface area (Å²) in [5.41, 5.74) is 2.55. The standard InChI is InChI=1S/C24H25F3N4O4/c1-15-2-3-18(28-23(34)31-5-4-16(14-31)13-24(25,26)27)12-19(15)17-10-20(22(32)33)29-21(11-17)30-6-8-35-9-7-30/h2-3,5,10-12,16H,4,6-9,13-14H2,1H3,(H-,28,32,33,34)/p+1/t16-/m0/s1. The summed E-state index contributed by atoms with van der Waals surface area (Å²) in [6.45, 7) is 4.09. The zero-order valence-electron chi connectivity index (χ0n) is 19.1. The van der Waals surface area contributed by atoms with Gasteiger partial charge in [-0.2, -0.15) is 18.0 Å². The van der Waals surface area contributed by atoms with E-state index in [1.165, 1.54) is 16.9 Å². The summed E-state index contributed by atoms with van der Waals surface area (Å²) in [6, 6.07) is 7.99. The first-order valence-corrected chi connectivity index (χ1v) is 11.3. The van der Waals surface area contributed by atoms with Crippen molar-refractivity contribution in [3.63, 3.8) is 0 Å². The second-order valence-electron chi connectivity index (χ2n) is 8.72. The molecule has 2 aliphatic rings. The summed E-state index contributed by atoms with van der Waals surface area (Å²) in [4.78, 5) is 30.6. The number of amides is 2. The molecule has 0 aliphatic carbocycles. The van der Waals surface area contributed by atoms with Crippen LogP contribution in [-0.4, -0.2) is 71.9 Å². The van der Waals surface area contributed by atoms with E-state index in [1.807, 2.05) is 17.9 Å². The summed E-state index contributed by atoms with van der Waals surface area (Å²) in [5.74, 6) is -1.28. The SMILES string of the molecule is Cc1ccc(NC(=O)[N+]2=CC[C@@H](CC(F)(F)F)C2)cc1-c1cc(C(=O)O)nc(N2CCOCC2)c1. The monoisotopic (exact) mass is 491 g/mol. The molecule has 2 N–H and O–H groups in total. The fourth-order valence-corrected chi connectivity index (χ4v) is 4.29. The number of rotatable bonds is 5. The molecular formula is C24H26F3N4O4+. The van der Waals surface area contributed by atoms with Crippen molar-refractivity contribution in [2.45, 2.75) is 25.9 Å². The number of aromatic carboxylic acids is 1. The molecule has 0 saturated carbocycles. The maximum Gasteiger partial charge on any atom is 0.495 e. The number of carboxylic acid groups (broad SMARTS) is 1. The van der Waals surface area contributed by atoms with E-state index in [2.05, 4.69) is 10.3 Å². The van der Waals surface area contributed by atoms with E-state index in [1.54, 1.807) is 18.2 Å². The number of urea groups is 1. The van der Waals surface area contributed by atoms with E-state index in [4.69, 9.17) is 4.74 Å². The van der Waals surface area contributed by atoms with E-state index < -0.39 is 30.5 Å². The van der Waals surface area contributed by atoms with Gasteiger partial charge in [-0.25, -0.2) is 19.7 Å². The lowest BCUT2D eigenvalue weighted by Crippen LogP contribution is -2.37. The van der Waals surface area contributed by atoms with Gasteiger partial charge in [-0.3, -0.25) is 0 Å². The number of carbonyl (C=O) groups is 2. The Hall–Kier alpha value is -3.47. The molecule has 1 saturated heterocycles. The third kappa shape index (κ3) is 6.16. The van der Waals surface area contributed by atoms with Gasteiger partial charge in [-0.15, -0.1) is 0 Å². The lowest BCUT2D eigenvalue weighted by atomic mass is 9.99. The van der Waals surface area contributed by atoms with E-state index in [9.17, 15) is 27.9 Å². The minimum Gasteiger partial charge on any atom is -0.477 e. The van der Waals surface area contributed by atoms with Crippen LogP contribution in [0.5, 0.6) is 0 Å². The van der Waals surface area contributed by atoms with Gasteiger partial charge in [0.15, 0.2) is 5.69 Å². The van der Waals surface area contributed by atoms with Gasteiger partial charge in [-0.05, 0) is 47.9 Å². The average molecular weight is 491 g/mol. The quantitative estimate of drug-likeness (QED) is 0.610. The fourth-order valence-electron chi connectivity index (χ4n) is 4.29. The van der Waals surface area contributed by atoms with Gasteiger partial charge in [0.05, 0.1) is 32.4 Å². The van der Waals surface area contributed by atoms with Crippen molar-refractivity contribution in [1.29, 1.82) is 0 Å². The van der Waals surface area contributed by atoms with Crippen LogP contribution in [0.4, 0.5) is 29.5 Å². The Labute approximate surface area is 200 Å². The Kier molecular flexibility index (Phi) is 7.06. The van der Waals surface area contributed by atoms with Crippen LogP contribution in [0.1, 0.15) is 28.9 Å². The molecule has 1 aromatic carbocycles. The van der Waals surface area contributed by atoms with Gasteiger partial charge in [-0.1, -0.05) is 6.07 Å². The molecule has 3 heterocycles. The third-order valence-electron chi connectivity index (χ3n) is 6.06. The van der Waals surface area contributed by atoms with Gasteiger partial charge in [0.2, 0.25) is 0 Å². The van der Waals surface area contributed by atoms with Crippen molar-refractivity contribution in [2.75, 3.05) is 43.1 Å². The third-order valence-corrected chi connectivity index (χ3v) is 6.06. The zero-order chi connectivity index (χ0) is 25.2. The first kappa shape index (κ1) is 24.6. The molecule has 0 unspecified atom stereocenters. The lowest BCUT2D eigenvalue weighted by Gasteiger charge is -2.28. The normalized spacial score (nSPS) is 18.3. The van der Waals surface area contributed by atoms with Crippen molar-refractivity contribution in [3.05, 3.63) is 41.6 Å². The minimum atomic E-state index is -4.27. The molecule has 2 aromatic rings. The van der Waals surface area contributed by atoms with Crippen molar-refractivity contribution in [3.8, 4) is 11.1 Å². The number of anilines is 2. The van der Waals surface area contributed by atoms with E-state index in [0.29, 0.717) is 48.9 Å². The predicted octanol–water partition coefficient (Wildman–Crippen LogP) is 4.18. The molecule has 4 rings (SSSR count). The molecule has 0 bridgehead atoms. The smallest absolute Gasteiger partial charge is 0.477 e. The number of nitrogens with zero attached hydrogens (tertiary/aromatic N) is 3. The summed E-state index contributed by atoms with van der Waals surface area (Å²) >= 11 is 0. The second-order valence-corrected chi connectivity index (χ2v) is 8.72. The molecule has 2 aliphatic heterocycles. The number of hydrogen-bond donors (Lipinski definition) is 2. The summed E-state index contributed by atoms with van der Waals surface area (Å²) in [6.07, 6.45) is -3.53. The summed E-state index contributed by atoms with van der Waals surface area (Å²) in [5, 5.41) is 12.3. The highest BCUT2D eigenvalue weighted by Gasteiger charge is 2.36. The number of hydrogen-bond acceptors (Lipinski definition) is 5. The van der Waals surface area contributed by atoms with E-state index in [0.717, 1.165) is 5.56 Å². The number of ether oxygens (including phenoxy) is 1. The number of carboxylic acids is 1. The van der Waals surface area contributed by atoms with Gasteiger partial charge in [0.25, 0.3) is 0 Å². The van der Waals surface area contributed by atoms with Crippen LogP contribution in [0.25, 0.3) is 11.1 Å². The molecule has 186 valence electrons. The van der Waals surface area contributed by atoms with Gasteiger partial charge in [0.1, 0.15) is 11.5 Å². The number of benzene rings is 1. The predicted molar refractivity (Wildman–Crippen MR) is 123 cm³/mol. The van der Waals surface area contributed by atoms with Crippen LogP contribution >= 0.6 is 0 Å². The van der Waals surface area contributed by atoms with Crippen LogP contribution in [0.3, 0.4) is 0 Å². The molecule has 8 nitrogen and oxygen atoms in total. The maximum atomic E-state index is 12.7. The Bertz CT molecular complexity index is 1160. The molecule has 11 heteroatoms.